The van der Waals surface area contributed by atoms with Gasteiger partial charge in [-0.05, 0) is 55.4 Å². The van der Waals surface area contributed by atoms with E-state index in [9.17, 15) is 4.79 Å². The maximum atomic E-state index is 12.3. The van der Waals surface area contributed by atoms with Crippen LogP contribution in [0.5, 0.6) is 5.75 Å². The Hall–Kier alpha value is -1.39. The minimum Gasteiger partial charge on any atom is -0.467 e. The summed E-state index contributed by atoms with van der Waals surface area (Å²) in [5.41, 5.74) is 3.61. The van der Waals surface area contributed by atoms with Crippen LogP contribution >= 0.6 is 0 Å². The predicted octanol–water partition coefficient (Wildman–Crippen LogP) is 4.25. The predicted molar refractivity (Wildman–Crippen MR) is 99.2 cm³/mol. The maximum Gasteiger partial charge on any atom is 0.189 e. The van der Waals surface area contributed by atoms with E-state index in [-0.39, 0.29) is 6.79 Å². The molecule has 0 aliphatic heterocycles. The van der Waals surface area contributed by atoms with Crippen molar-refractivity contribution in [2.45, 2.75) is 58.8 Å². The van der Waals surface area contributed by atoms with Crippen LogP contribution in [0.15, 0.2) is 12.1 Å². The van der Waals surface area contributed by atoms with E-state index in [0.717, 1.165) is 31.4 Å². The second-order valence-corrected chi connectivity index (χ2v) is 6.85. The molecule has 0 aromatic heterocycles. The lowest BCUT2D eigenvalue weighted by Gasteiger charge is -2.15. The molecule has 1 saturated carbocycles. The number of carbonyl (C=O) groups excluding carboxylic acids is 1. The number of rotatable bonds is 11. The highest BCUT2D eigenvalue weighted by atomic mass is 16.7. The first kappa shape index (κ1) is 19.9. The number of methoxy groups -OCH3 is 1. The number of hydrogen-bond donors (Lipinski definition) is 0. The topological polar surface area (TPSA) is 44.8 Å². The number of aryl methyl sites for hydroxylation is 3. The number of ether oxygens (including phenoxy) is 3. The highest BCUT2D eigenvalue weighted by molar-refractivity contribution is 5.81. The van der Waals surface area contributed by atoms with Crippen LogP contribution in [-0.4, -0.2) is 32.9 Å². The zero-order valence-corrected chi connectivity index (χ0v) is 15.9. The van der Waals surface area contributed by atoms with Gasteiger partial charge >= 0.3 is 0 Å². The first-order chi connectivity index (χ1) is 12.2. The van der Waals surface area contributed by atoms with Crippen molar-refractivity contribution in [2.24, 2.45) is 5.92 Å². The van der Waals surface area contributed by atoms with Gasteiger partial charge in [-0.15, -0.1) is 0 Å². The minimum absolute atomic E-state index is 0.231. The van der Waals surface area contributed by atoms with Gasteiger partial charge < -0.3 is 14.2 Å². The van der Waals surface area contributed by atoms with Gasteiger partial charge in [0.25, 0.3) is 0 Å². The standard InChI is InChI=1S/C21H32O4/c1-4-17-14-19(9-10-20(22)18-7-5-6-8-18)16(2)13-21(17)25-15-24-12-11-23-3/h13-14,18H,4-12,15H2,1-3H3. The molecule has 0 bridgehead atoms. The van der Waals surface area contributed by atoms with Gasteiger partial charge in [-0.3, -0.25) is 4.79 Å². The van der Waals surface area contributed by atoms with Crippen LogP contribution < -0.4 is 4.74 Å². The minimum atomic E-state index is 0.231. The molecule has 4 heteroatoms. The summed E-state index contributed by atoms with van der Waals surface area (Å²) in [5.74, 6) is 1.64. The summed E-state index contributed by atoms with van der Waals surface area (Å²) in [6.07, 6.45) is 7.01. The van der Waals surface area contributed by atoms with Gasteiger partial charge in [0, 0.05) is 19.4 Å². The Morgan fingerprint density at radius 2 is 1.92 bits per heavy atom. The third-order valence-corrected chi connectivity index (χ3v) is 5.08. The van der Waals surface area contributed by atoms with E-state index in [1.54, 1.807) is 7.11 Å². The molecule has 1 aromatic carbocycles. The third-order valence-electron chi connectivity index (χ3n) is 5.08. The van der Waals surface area contributed by atoms with Gasteiger partial charge in [0.2, 0.25) is 0 Å². The molecule has 0 N–H and O–H groups in total. The average molecular weight is 348 g/mol. The molecule has 0 amide bonds. The molecule has 2 rings (SSSR count). The van der Waals surface area contributed by atoms with Crippen LogP contribution in [-0.2, 0) is 27.1 Å². The molecule has 4 nitrogen and oxygen atoms in total. The van der Waals surface area contributed by atoms with Crippen molar-refractivity contribution in [1.29, 1.82) is 0 Å². The van der Waals surface area contributed by atoms with Crippen molar-refractivity contribution >= 4 is 5.78 Å². The van der Waals surface area contributed by atoms with E-state index in [1.165, 1.54) is 29.5 Å². The Bertz CT molecular complexity index is 547. The molecule has 0 heterocycles. The van der Waals surface area contributed by atoms with Crippen LogP contribution in [0.3, 0.4) is 0 Å². The summed E-state index contributed by atoms with van der Waals surface area (Å²) in [5, 5.41) is 0. The van der Waals surface area contributed by atoms with E-state index < -0.39 is 0 Å². The van der Waals surface area contributed by atoms with Crippen LogP contribution in [0.1, 0.15) is 55.7 Å². The SMILES string of the molecule is CCc1cc(CCC(=O)C2CCCC2)c(C)cc1OCOCCOC. The van der Waals surface area contributed by atoms with Gasteiger partial charge in [-0.25, -0.2) is 0 Å². The summed E-state index contributed by atoms with van der Waals surface area (Å²) in [6.45, 7) is 5.54. The van der Waals surface area contributed by atoms with E-state index in [2.05, 4.69) is 26.0 Å². The molecule has 1 fully saturated rings. The smallest absolute Gasteiger partial charge is 0.189 e. The molecule has 0 unspecified atom stereocenters. The largest absolute Gasteiger partial charge is 0.467 e. The molecule has 140 valence electrons. The zero-order chi connectivity index (χ0) is 18.1. The monoisotopic (exact) mass is 348 g/mol. The van der Waals surface area contributed by atoms with Crippen molar-refractivity contribution < 1.29 is 19.0 Å². The zero-order valence-electron chi connectivity index (χ0n) is 15.9. The molecule has 1 aliphatic rings. The van der Waals surface area contributed by atoms with Crippen molar-refractivity contribution in [3.8, 4) is 5.75 Å². The fraction of sp³-hybridized carbons (Fsp3) is 0.667. The lowest BCUT2D eigenvalue weighted by atomic mass is 9.94. The molecule has 25 heavy (non-hydrogen) atoms. The van der Waals surface area contributed by atoms with Gasteiger partial charge in [-0.1, -0.05) is 25.8 Å². The fourth-order valence-corrected chi connectivity index (χ4v) is 3.47. The second-order valence-electron chi connectivity index (χ2n) is 6.85. The number of ketones is 1. The van der Waals surface area contributed by atoms with Crippen LogP contribution in [0.2, 0.25) is 0 Å². The lowest BCUT2D eigenvalue weighted by molar-refractivity contribution is -0.122. The second kappa shape index (κ2) is 10.6. The first-order valence-corrected chi connectivity index (χ1v) is 9.50. The van der Waals surface area contributed by atoms with Gasteiger partial charge in [0.1, 0.15) is 11.5 Å². The summed E-state index contributed by atoms with van der Waals surface area (Å²) in [6, 6.07) is 4.27. The molecule has 1 aliphatic carbocycles. The summed E-state index contributed by atoms with van der Waals surface area (Å²) in [7, 11) is 1.65. The Kier molecular flexibility index (Phi) is 8.42. The Morgan fingerprint density at radius 1 is 1.16 bits per heavy atom. The normalized spacial score (nSPS) is 14.8. The highest BCUT2D eigenvalue weighted by Gasteiger charge is 2.22. The van der Waals surface area contributed by atoms with Gasteiger partial charge in [-0.2, -0.15) is 0 Å². The number of benzene rings is 1. The Balaban J connectivity index is 1.91. The van der Waals surface area contributed by atoms with Crippen LogP contribution in [0, 0.1) is 12.8 Å². The van der Waals surface area contributed by atoms with E-state index in [1.807, 2.05) is 0 Å². The van der Waals surface area contributed by atoms with Crippen molar-refractivity contribution in [3.63, 3.8) is 0 Å². The van der Waals surface area contributed by atoms with Crippen molar-refractivity contribution in [2.75, 3.05) is 27.1 Å². The Labute approximate surface area is 151 Å². The van der Waals surface area contributed by atoms with Gasteiger partial charge in [0.05, 0.1) is 13.2 Å². The third kappa shape index (κ3) is 6.12. The number of hydrogen-bond acceptors (Lipinski definition) is 4. The summed E-state index contributed by atoms with van der Waals surface area (Å²) < 4.78 is 16.1. The van der Waals surface area contributed by atoms with E-state index in [0.29, 0.717) is 31.3 Å². The fourth-order valence-electron chi connectivity index (χ4n) is 3.47. The van der Waals surface area contributed by atoms with Crippen molar-refractivity contribution in [3.05, 3.63) is 28.8 Å². The maximum absolute atomic E-state index is 12.3. The Morgan fingerprint density at radius 3 is 2.60 bits per heavy atom. The van der Waals surface area contributed by atoms with Crippen LogP contribution in [0.25, 0.3) is 0 Å². The molecule has 0 atom stereocenters. The molecule has 0 spiro atoms. The van der Waals surface area contributed by atoms with Crippen molar-refractivity contribution in [1.82, 2.24) is 0 Å². The van der Waals surface area contributed by atoms with Crippen LogP contribution in [0.4, 0.5) is 0 Å². The molecule has 1 aromatic rings. The van der Waals surface area contributed by atoms with E-state index >= 15 is 0 Å². The molecule has 0 saturated heterocycles. The molecule has 0 radical (unpaired) electrons. The average Bonchev–Trinajstić information content (AvgIpc) is 3.15. The molecular weight excluding hydrogens is 316 g/mol. The lowest BCUT2D eigenvalue weighted by Crippen LogP contribution is -2.12. The summed E-state index contributed by atoms with van der Waals surface area (Å²) >= 11 is 0. The van der Waals surface area contributed by atoms with Gasteiger partial charge in [0.15, 0.2) is 6.79 Å². The molecular formula is C21H32O4. The van der Waals surface area contributed by atoms with E-state index in [4.69, 9.17) is 14.2 Å². The quantitative estimate of drug-likeness (QED) is 0.443. The number of carbonyl (C=O) groups is 1. The first-order valence-electron chi connectivity index (χ1n) is 9.50. The highest BCUT2D eigenvalue weighted by Crippen LogP contribution is 2.28. The number of Topliss-reactive ketones (excluding diaryl/α,β-unsaturated/α-hetero) is 1. The summed E-state index contributed by atoms with van der Waals surface area (Å²) in [4.78, 5) is 12.3.